The Morgan fingerprint density at radius 1 is 1.15 bits per heavy atom. The number of rotatable bonds is 7. The number of nitrogens with one attached hydrogen (secondary N) is 4. The molecule has 0 aromatic rings. The molecule has 0 aromatic heterocycles. The molecule has 3 rings (SSSR count). The van der Waals surface area contributed by atoms with E-state index in [1.165, 1.54) is 19.6 Å². The van der Waals surface area contributed by atoms with Crippen molar-refractivity contribution >= 4 is 41.9 Å². The van der Waals surface area contributed by atoms with Gasteiger partial charge in [-0.2, -0.15) is 5.10 Å². The third-order valence-electron chi connectivity index (χ3n) is 5.44. The zero-order valence-corrected chi connectivity index (χ0v) is 26.3. The predicted molar refractivity (Wildman–Crippen MR) is 173 cm³/mol. The molecule has 2 atom stereocenters. The van der Waals surface area contributed by atoms with Crippen molar-refractivity contribution < 1.29 is 9.59 Å². The van der Waals surface area contributed by atoms with Crippen molar-refractivity contribution in [2.24, 2.45) is 27.7 Å². The summed E-state index contributed by atoms with van der Waals surface area (Å²) in [6, 6.07) is -0.0711. The van der Waals surface area contributed by atoms with Gasteiger partial charge in [-0.05, 0) is 44.8 Å². The molecule has 11 heteroatoms. The standard InChI is InChI=1S/C20H26ClN7O2.C6H9N.2C2H6/c1-11-6-16(27-20(30)23-3)15(21)7-13(11)8-17-18(22)24-10-25-28(17)9-12(2)19(29)26-14-4-5-14;1-2-3-4-5-6-7;2*1-2/h6-11,13-14H,4-5H2,1-3H3,(H,26,29)(H2,22,24,25)(H2,23,27,30);2-7H,1H3;2*1-2H3/b12-9+,17-8+;3-2+,5-4-,7-6?;;/t11?,13-;;;/m0.../s1. The Bertz CT molecular complexity index is 1110. The van der Waals surface area contributed by atoms with Gasteiger partial charge >= 0.3 is 6.03 Å². The van der Waals surface area contributed by atoms with Crippen molar-refractivity contribution in [2.45, 2.75) is 67.3 Å². The van der Waals surface area contributed by atoms with Crippen LogP contribution in [0.5, 0.6) is 0 Å². The van der Waals surface area contributed by atoms with Crippen LogP contribution in [0.2, 0.25) is 0 Å². The molecule has 2 aliphatic carbocycles. The Morgan fingerprint density at radius 2 is 1.80 bits per heavy atom. The quantitative estimate of drug-likeness (QED) is 0.148. The highest BCUT2D eigenvalue weighted by Gasteiger charge is 2.26. The Morgan fingerprint density at radius 3 is 2.37 bits per heavy atom. The van der Waals surface area contributed by atoms with E-state index in [0.717, 1.165) is 12.8 Å². The minimum absolute atomic E-state index is 0.0240. The van der Waals surface area contributed by atoms with Crippen LogP contribution >= 0.6 is 11.6 Å². The third-order valence-corrected chi connectivity index (χ3v) is 5.77. The van der Waals surface area contributed by atoms with E-state index in [1.807, 2.05) is 78.0 Å². The molecule has 3 aliphatic rings. The van der Waals surface area contributed by atoms with E-state index in [9.17, 15) is 9.59 Å². The van der Waals surface area contributed by atoms with Gasteiger partial charge < -0.3 is 27.1 Å². The average molecular weight is 587 g/mol. The highest BCUT2D eigenvalue weighted by molar-refractivity contribution is 6.32. The fourth-order valence-electron chi connectivity index (χ4n) is 3.19. The van der Waals surface area contributed by atoms with Crippen LogP contribution in [0.4, 0.5) is 4.79 Å². The number of carbonyl (C=O) groups is 2. The van der Waals surface area contributed by atoms with Crippen LogP contribution in [0.15, 0.2) is 80.8 Å². The van der Waals surface area contributed by atoms with Gasteiger partial charge in [-0.15, -0.1) is 0 Å². The highest BCUT2D eigenvalue weighted by atomic mass is 35.5. The zero-order chi connectivity index (χ0) is 31.4. The lowest BCUT2D eigenvalue weighted by atomic mass is 9.87. The van der Waals surface area contributed by atoms with Crippen LogP contribution in [-0.4, -0.2) is 48.4 Å². The average Bonchev–Trinajstić information content (AvgIpc) is 3.79. The van der Waals surface area contributed by atoms with Gasteiger partial charge in [0.2, 0.25) is 5.91 Å². The predicted octanol–water partition coefficient (Wildman–Crippen LogP) is 5.69. The van der Waals surface area contributed by atoms with Crippen molar-refractivity contribution in [2.75, 3.05) is 7.05 Å². The number of amidine groups is 1. The number of urea groups is 1. The molecule has 3 amide bonds. The summed E-state index contributed by atoms with van der Waals surface area (Å²) in [5.41, 5.74) is 7.73. The van der Waals surface area contributed by atoms with Gasteiger partial charge in [-0.1, -0.05) is 76.6 Å². The molecule has 1 fully saturated rings. The molecule has 1 aliphatic heterocycles. The number of hydrogen-bond acceptors (Lipinski definition) is 7. The number of allylic oxidation sites excluding steroid dienone is 8. The van der Waals surface area contributed by atoms with Crippen molar-refractivity contribution in [1.82, 2.24) is 21.0 Å². The Hall–Kier alpha value is -3.92. The van der Waals surface area contributed by atoms with Crippen LogP contribution < -0.4 is 21.7 Å². The smallest absolute Gasteiger partial charge is 0.319 e. The van der Waals surface area contributed by atoms with E-state index >= 15 is 0 Å². The third kappa shape index (κ3) is 13.8. The number of nitrogens with two attached hydrogens (primary N) is 1. The molecule has 6 N–H and O–H groups in total. The summed E-state index contributed by atoms with van der Waals surface area (Å²) in [6.07, 6.45) is 19.2. The van der Waals surface area contributed by atoms with Crippen LogP contribution in [-0.2, 0) is 4.79 Å². The number of hydrogen-bond donors (Lipinski definition) is 5. The van der Waals surface area contributed by atoms with Crippen molar-refractivity contribution in [3.8, 4) is 0 Å². The maximum Gasteiger partial charge on any atom is 0.319 e. The van der Waals surface area contributed by atoms with Crippen LogP contribution in [0.1, 0.15) is 61.3 Å². The first kappa shape index (κ1) is 37.1. The van der Waals surface area contributed by atoms with E-state index in [4.69, 9.17) is 22.7 Å². The van der Waals surface area contributed by atoms with E-state index < -0.39 is 0 Å². The lowest BCUT2D eigenvalue weighted by Crippen LogP contribution is -2.34. The summed E-state index contributed by atoms with van der Waals surface area (Å²) in [5.74, 6) is 0.0684. The number of carbonyl (C=O) groups excluding carboxylic acids is 2. The largest absolute Gasteiger partial charge is 0.382 e. The van der Waals surface area contributed by atoms with Crippen molar-refractivity contribution in [3.05, 3.63) is 70.7 Å². The zero-order valence-electron chi connectivity index (χ0n) is 25.5. The second-order valence-corrected chi connectivity index (χ2v) is 8.92. The van der Waals surface area contributed by atoms with Gasteiger partial charge in [0.05, 0.1) is 10.7 Å². The van der Waals surface area contributed by atoms with Crippen LogP contribution in [0.25, 0.3) is 0 Å². The summed E-state index contributed by atoms with van der Waals surface area (Å²) < 4.78 is 0. The topological polar surface area (TPSA) is 148 Å². The second kappa shape index (κ2) is 20.9. The minimum Gasteiger partial charge on any atom is -0.382 e. The first-order chi connectivity index (χ1) is 19.7. The van der Waals surface area contributed by atoms with E-state index in [-0.39, 0.29) is 35.7 Å². The van der Waals surface area contributed by atoms with Gasteiger partial charge in [-0.3, -0.25) is 4.79 Å². The molecule has 0 radical (unpaired) electrons. The molecule has 1 heterocycles. The number of halogens is 1. The summed E-state index contributed by atoms with van der Waals surface area (Å²) in [4.78, 5) is 27.9. The van der Waals surface area contributed by atoms with Gasteiger partial charge in [0, 0.05) is 37.0 Å². The minimum atomic E-state index is -0.342. The van der Waals surface area contributed by atoms with Gasteiger partial charge in [0.15, 0.2) is 5.84 Å². The molecule has 0 bridgehead atoms. The first-order valence-corrected chi connectivity index (χ1v) is 14.3. The van der Waals surface area contributed by atoms with Crippen LogP contribution in [0.3, 0.4) is 0 Å². The van der Waals surface area contributed by atoms with Crippen molar-refractivity contribution in [1.29, 1.82) is 5.41 Å². The van der Waals surface area contributed by atoms with E-state index in [0.29, 0.717) is 22.0 Å². The lowest BCUT2D eigenvalue weighted by Gasteiger charge is -2.26. The van der Waals surface area contributed by atoms with E-state index in [2.05, 4.69) is 26.0 Å². The lowest BCUT2D eigenvalue weighted by molar-refractivity contribution is -0.117. The maximum atomic E-state index is 12.3. The number of amides is 3. The second-order valence-electron chi connectivity index (χ2n) is 8.51. The Labute approximate surface area is 250 Å². The SMILES string of the molecule is C/C=C/C=C\C=N.CC.CC.CNC(=O)NC1=CC(C)[C@H](/C=C2\C(N)=NC=NN2/C=C(\C)C(=O)NC2CC2)C=C1Cl. The molecule has 1 unspecified atom stereocenters. The molecule has 1 saturated carbocycles. The fourth-order valence-corrected chi connectivity index (χ4v) is 3.44. The fraction of sp³-hybridized carbons (Fsp3) is 0.433. The Balaban J connectivity index is 0.00000125. The molecule has 226 valence electrons. The maximum absolute atomic E-state index is 12.3. The van der Waals surface area contributed by atoms with Crippen molar-refractivity contribution in [3.63, 3.8) is 0 Å². The summed E-state index contributed by atoms with van der Waals surface area (Å²) in [5, 5.41) is 20.9. The molecule has 41 heavy (non-hydrogen) atoms. The summed E-state index contributed by atoms with van der Waals surface area (Å²) in [7, 11) is 1.54. The van der Waals surface area contributed by atoms with Crippen LogP contribution in [0, 0.1) is 17.2 Å². The van der Waals surface area contributed by atoms with Gasteiger partial charge in [0.1, 0.15) is 12.0 Å². The highest BCUT2D eigenvalue weighted by Crippen LogP contribution is 2.31. The molecule has 10 nitrogen and oxygen atoms in total. The number of hydrazone groups is 1. The van der Waals surface area contributed by atoms with Gasteiger partial charge in [0.25, 0.3) is 0 Å². The molecule has 0 saturated heterocycles. The number of aliphatic imine (C=N–C) groups is 1. The van der Waals surface area contributed by atoms with Gasteiger partial charge in [-0.25, -0.2) is 14.8 Å². The Kier molecular flexibility index (Phi) is 18.9. The normalized spacial score (nSPS) is 20.7. The van der Waals surface area contributed by atoms with E-state index in [1.54, 1.807) is 24.2 Å². The first-order valence-electron chi connectivity index (χ1n) is 13.9. The summed E-state index contributed by atoms with van der Waals surface area (Å²) >= 11 is 6.37. The molecule has 0 aromatic carbocycles. The summed E-state index contributed by atoms with van der Waals surface area (Å²) in [6.45, 7) is 13.7. The monoisotopic (exact) mass is 586 g/mol. The molecule has 0 spiro atoms. The number of nitrogens with zero attached hydrogens (tertiary/aromatic N) is 3. The molecular formula is C30H47ClN8O2. The molecular weight excluding hydrogens is 540 g/mol.